The van der Waals surface area contributed by atoms with Gasteiger partial charge >= 0.3 is 0 Å². The molecule has 0 bridgehead atoms. The topological polar surface area (TPSA) is 12.5 Å². The summed E-state index contributed by atoms with van der Waals surface area (Å²) in [5.41, 5.74) is 2.99. The minimum atomic E-state index is -1.79. The van der Waals surface area contributed by atoms with Crippen molar-refractivity contribution in [1.82, 2.24) is 4.90 Å². The van der Waals surface area contributed by atoms with Gasteiger partial charge in [-0.3, -0.25) is 4.90 Å². The highest BCUT2D eigenvalue weighted by Crippen LogP contribution is 2.49. The van der Waals surface area contributed by atoms with Gasteiger partial charge in [0.1, 0.15) is 0 Å². The van der Waals surface area contributed by atoms with Gasteiger partial charge in [-0.25, -0.2) is 0 Å². The van der Waals surface area contributed by atoms with E-state index < -0.39 is 8.32 Å². The quantitative estimate of drug-likeness (QED) is 0.455. The molecule has 3 atom stereocenters. The molecule has 0 aromatic heterocycles. The van der Waals surface area contributed by atoms with E-state index in [4.69, 9.17) is 4.43 Å². The normalized spacial score (nSPS) is 29.4. The molecular weight excluding hydrogens is 334 g/mol. The molecule has 1 fully saturated rings. The molecule has 0 amide bonds. The second-order valence-corrected chi connectivity index (χ2v) is 15.1. The highest BCUT2D eigenvalue weighted by Gasteiger charge is 2.53. The van der Waals surface area contributed by atoms with E-state index in [9.17, 15) is 0 Å². The lowest BCUT2D eigenvalue weighted by molar-refractivity contribution is 0.0232. The molecule has 0 spiro atoms. The van der Waals surface area contributed by atoms with Gasteiger partial charge < -0.3 is 4.43 Å². The Bertz CT molecular complexity index is 671. The summed E-state index contributed by atoms with van der Waals surface area (Å²) < 4.78 is 6.96. The lowest BCUT2D eigenvalue weighted by Crippen LogP contribution is -2.54. The number of fused-ring (bicyclic) bond motifs is 1. The molecule has 2 heterocycles. The summed E-state index contributed by atoms with van der Waals surface area (Å²) in [7, 11) is -1.79. The molecule has 3 rings (SSSR count). The lowest BCUT2D eigenvalue weighted by Gasteiger charge is -2.47. The maximum atomic E-state index is 6.96. The SMILES string of the molecule is CC1=C[C@H]2C[C@H](O[Si](C)(C)C(C)(C)C)C(C)(C)N2[C@H](c2ccccc2)C1. The van der Waals surface area contributed by atoms with Gasteiger partial charge in [0.15, 0.2) is 8.32 Å². The number of rotatable bonds is 3. The zero-order valence-corrected chi connectivity index (χ0v) is 19.0. The van der Waals surface area contributed by atoms with Crippen molar-refractivity contribution in [2.75, 3.05) is 0 Å². The minimum Gasteiger partial charge on any atom is -0.412 e. The van der Waals surface area contributed by atoms with E-state index >= 15 is 0 Å². The number of hydrogen-bond acceptors (Lipinski definition) is 2. The molecule has 1 aromatic carbocycles. The lowest BCUT2D eigenvalue weighted by atomic mass is 9.89. The van der Waals surface area contributed by atoms with Crippen molar-refractivity contribution in [2.45, 2.75) is 96.2 Å². The van der Waals surface area contributed by atoms with Gasteiger partial charge in [-0.05, 0) is 57.3 Å². The number of nitrogens with zero attached hydrogens (tertiary/aromatic N) is 1. The van der Waals surface area contributed by atoms with Crippen molar-refractivity contribution >= 4 is 8.32 Å². The van der Waals surface area contributed by atoms with Gasteiger partial charge in [0.25, 0.3) is 0 Å². The maximum Gasteiger partial charge on any atom is 0.192 e. The third kappa shape index (κ3) is 3.46. The molecule has 1 saturated heterocycles. The Morgan fingerprint density at radius 2 is 1.73 bits per heavy atom. The van der Waals surface area contributed by atoms with Crippen LogP contribution in [0.15, 0.2) is 42.0 Å². The van der Waals surface area contributed by atoms with Gasteiger partial charge in [0.2, 0.25) is 0 Å². The fraction of sp³-hybridized carbons (Fsp3) is 0.652. The number of hydrogen-bond donors (Lipinski definition) is 0. The fourth-order valence-electron chi connectivity index (χ4n) is 4.47. The molecule has 26 heavy (non-hydrogen) atoms. The molecule has 0 aliphatic carbocycles. The number of benzene rings is 1. The van der Waals surface area contributed by atoms with E-state index in [-0.39, 0.29) is 10.6 Å². The van der Waals surface area contributed by atoms with Crippen LogP contribution in [-0.2, 0) is 4.43 Å². The average Bonchev–Trinajstić information content (AvgIpc) is 2.76. The zero-order valence-electron chi connectivity index (χ0n) is 18.0. The fourth-order valence-corrected chi connectivity index (χ4v) is 5.92. The summed E-state index contributed by atoms with van der Waals surface area (Å²) in [5, 5.41) is 0.247. The van der Waals surface area contributed by atoms with Crippen LogP contribution in [0.3, 0.4) is 0 Å². The second kappa shape index (κ2) is 6.61. The van der Waals surface area contributed by atoms with Crippen LogP contribution in [0.1, 0.15) is 66.0 Å². The van der Waals surface area contributed by atoms with Crippen LogP contribution in [0.5, 0.6) is 0 Å². The largest absolute Gasteiger partial charge is 0.412 e. The third-order valence-corrected chi connectivity index (χ3v) is 11.5. The molecule has 1 aromatic rings. The molecule has 0 N–H and O–H groups in total. The third-order valence-electron chi connectivity index (χ3n) is 7.02. The average molecular weight is 372 g/mol. The maximum absolute atomic E-state index is 6.96. The van der Waals surface area contributed by atoms with Crippen molar-refractivity contribution in [3.8, 4) is 0 Å². The van der Waals surface area contributed by atoms with E-state index in [1.54, 1.807) is 0 Å². The van der Waals surface area contributed by atoms with Gasteiger partial charge in [0.05, 0.1) is 6.10 Å². The Labute approximate surface area is 161 Å². The van der Waals surface area contributed by atoms with Crippen LogP contribution in [0.25, 0.3) is 0 Å². The van der Waals surface area contributed by atoms with Gasteiger partial charge in [-0.2, -0.15) is 0 Å². The standard InChI is InChI=1S/C23H37NOSi/c1-17-14-19-16-21(25-26(7,8)22(2,3)4)23(5,6)24(19)20(15-17)18-12-10-9-11-13-18/h9-14,19-21H,15-16H2,1-8H3/t19-,20-,21-/m0/s1. The molecule has 3 heteroatoms. The van der Waals surface area contributed by atoms with Gasteiger partial charge in [0, 0.05) is 17.6 Å². The van der Waals surface area contributed by atoms with Crippen molar-refractivity contribution in [3.63, 3.8) is 0 Å². The molecular formula is C23H37NOSi. The highest BCUT2D eigenvalue weighted by atomic mass is 28.4. The van der Waals surface area contributed by atoms with Crippen LogP contribution in [0.4, 0.5) is 0 Å². The molecule has 0 radical (unpaired) electrons. The summed E-state index contributed by atoms with van der Waals surface area (Å²) >= 11 is 0. The highest BCUT2D eigenvalue weighted by molar-refractivity contribution is 6.74. The van der Waals surface area contributed by atoms with Crippen LogP contribution in [0, 0.1) is 0 Å². The Kier molecular flexibility index (Phi) is 5.05. The van der Waals surface area contributed by atoms with Crippen molar-refractivity contribution in [3.05, 3.63) is 47.5 Å². The predicted octanol–water partition coefficient (Wildman–Crippen LogP) is 6.32. The molecule has 2 aliphatic rings. The first kappa shape index (κ1) is 19.8. The summed E-state index contributed by atoms with van der Waals surface area (Å²) in [6.07, 6.45) is 5.02. The van der Waals surface area contributed by atoms with Crippen LogP contribution in [-0.4, -0.2) is 30.9 Å². The summed E-state index contributed by atoms with van der Waals surface area (Å²) in [4.78, 5) is 2.74. The monoisotopic (exact) mass is 371 g/mol. The Balaban J connectivity index is 1.93. The van der Waals surface area contributed by atoms with Crippen LogP contribution in [0.2, 0.25) is 18.1 Å². The zero-order chi connectivity index (χ0) is 19.3. The Hall–Kier alpha value is -0.903. The Morgan fingerprint density at radius 3 is 2.31 bits per heavy atom. The molecule has 2 aliphatic heterocycles. The molecule has 144 valence electrons. The van der Waals surface area contributed by atoms with Crippen molar-refractivity contribution in [1.29, 1.82) is 0 Å². The van der Waals surface area contributed by atoms with Gasteiger partial charge in [-0.1, -0.05) is 62.8 Å². The van der Waals surface area contributed by atoms with E-state index in [0.717, 1.165) is 12.8 Å². The van der Waals surface area contributed by atoms with Gasteiger partial charge in [-0.15, -0.1) is 0 Å². The van der Waals surface area contributed by atoms with E-state index in [1.807, 2.05) is 0 Å². The Morgan fingerprint density at radius 1 is 1.12 bits per heavy atom. The van der Waals surface area contributed by atoms with E-state index in [2.05, 4.69) is 95.9 Å². The summed E-state index contributed by atoms with van der Waals surface area (Å²) in [6.45, 7) is 18.9. The summed E-state index contributed by atoms with van der Waals surface area (Å²) in [5.74, 6) is 0. The second-order valence-electron chi connectivity index (χ2n) is 10.4. The smallest absolute Gasteiger partial charge is 0.192 e. The summed E-state index contributed by atoms with van der Waals surface area (Å²) in [6, 6.07) is 12.0. The van der Waals surface area contributed by atoms with Crippen molar-refractivity contribution in [2.24, 2.45) is 0 Å². The minimum absolute atomic E-state index is 0.0396. The van der Waals surface area contributed by atoms with E-state index in [0.29, 0.717) is 18.2 Å². The van der Waals surface area contributed by atoms with E-state index in [1.165, 1.54) is 11.1 Å². The van der Waals surface area contributed by atoms with Crippen LogP contribution < -0.4 is 0 Å². The molecule has 0 saturated carbocycles. The first-order valence-electron chi connectivity index (χ1n) is 10.1. The predicted molar refractivity (Wildman–Crippen MR) is 114 cm³/mol. The first-order chi connectivity index (χ1) is 11.9. The first-order valence-corrected chi connectivity index (χ1v) is 13.0. The van der Waals surface area contributed by atoms with Crippen molar-refractivity contribution < 1.29 is 4.43 Å². The molecule has 2 nitrogen and oxygen atoms in total. The molecule has 0 unspecified atom stereocenters. The van der Waals surface area contributed by atoms with Crippen LogP contribution >= 0.6 is 0 Å².